The standard InChI is InChI=1S/C22H29N3O4S.2C2HF3O2/c1-28-15-14-25-17-22(18-29-20-4-2-3-5-21(20)30(25,26)27)8-12-24(13-9-22)16-19-6-10-23-11-7-19;2*3-2(4,5)1(6)7/h2-7,10-11H,8-9,12-18H2,1H3;2*(H,6,7). The molecule has 2 aromatic rings. The predicted octanol–water partition coefficient (Wildman–Crippen LogP) is 3.66. The number of para-hydroxylation sites is 1. The van der Waals surface area contributed by atoms with Gasteiger partial charge < -0.3 is 19.7 Å². The molecule has 0 aliphatic carbocycles. The summed E-state index contributed by atoms with van der Waals surface area (Å²) >= 11 is 0. The molecular formula is C26H31F6N3O8S. The number of rotatable bonds is 5. The number of aromatic nitrogens is 1. The van der Waals surface area contributed by atoms with E-state index in [0.717, 1.165) is 32.5 Å². The van der Waals surface area contributed by atoms with Gasteiger partial charge in [0.1, 0.15) is 10.6 Å². The zero-order chi connectivity index (χ0) is 33.2. The Morgan fingerprint density at radius 1 is 0.977 bits per heavy atom. The van der Waals surface area contributed by atoms with Gasteiger partial charge in [-0.3, -0.25) is 9.88 Å². The van der Waals surface area contributed by atoms with Gasteiger partial charge in [0.2, 0.25) is 10.0 Å². The third-order valence-electron chi connectivity index (χ3n) is 6.61. The summed E-state index contributed by atoms with van der Waals surface area (Å²) in [5.41, 5.74) is 1.04. The largest absolute Gasteiger partial charge is 0.492 e. The Balaban J connectivity index is 0.000000402. The van der Waals surface area contributed by atoms with Crippen LogP contribution in [0.3, 0.4) is 0 Å². The monoisotopic (exact) mass is 659 g/mol. The topological polar surface area (TPSA) is 147 Å². The Hall–Kier alpha value is -3.48. The highest BCUT2D eigenvalue weighted by Crippen LogP contribution is 2.39. The molecule has 1 fully saturated rings. The average Bonchev–Trinajstić information content (AvgIpc) is 2.95. The molecule has 0 radical (unpaired) electrons. The van der Waals surface area contributed by atoms with Crippen LogP contribution < -0.4 is 4.74 Å². The lowest BCUT2D eigenvalue weighted by molar-refractivity contribution is -0.193. The molecule has 1 spiro atoms. The van der Waals surface area contributed by atoms with Gasteiger partial charge in [0.05, 0.1) is 13.2 Å². The molecule has 2 N–H and O–H groups in total. The van der Waals surface area contributed by atoms with E-state index in [9.17, 15) is 34.8 Å². The first kappa shape index (κ1) is 36.7. The van der Waals surface area contributed by atoms with E-state index in [2.05, 4.69) is 9.88 Å². The summed E-state index contributed by atoms with van der Waals surface area (Å²) in [5, 5.41) is 14.2. The van der Waals surface area contributed by atoms with Gasteiger partial charge in [-0.1, -0.05) is 12.1 Å². The molecule has 3 heterocycles. The van der Waals surface area contributed by atoms with Crippen LogP contribution in [-0.2, 0) is 30.9 Å². The molecule has 18 heteroatoms. The number of aliphatic carboxylic acids is 2. The van der Waals surface area contributed by atoms with Crippen molar-refractivity contribution in [3.05, 3.63) is 54.4 Å². The third kappa shape index (κ3) is 10.9. The number of likely N-dealkylation sites (tertiary alicyclic amines) is 1. The van der Waals surface area contributed by atoms with Crippen LogP contribution in [0, 0.1) is 5.41 Å². The minimum Gasteiger partial charge on any atom is -0.492 e. The number of hydrogen-bond donors (Lipinski definition) is 2. The van der Waals surface area contributed by atoms with Gasteiger partial charge in [-0.2, -0.15) is 30.6 Å². The van der Waals surface area contributed by atoms with E-state index in [1.807, 2.05) is 30.6 Å². The minimum atomic E-state index is -5.08. The van der Waals surface area contributed by atoms with Gasteiger partial charge in [0.25, 0.3) is 0 Å². The molecule has 44 heavy (non-hydrogen) atoms. The van der Waals surface area contributed by atoms with Crippen LogP contribution in [0.25, 0.3) is 0 Å². The SMILES string of the molecule is COCCN1CC2(CCN(Cc3ccncc3)CC2)COc2ccccc2S1(=O)=O.O=C(O)C(F)(F)F.O=C(O)C(F)(F)F. The van der Waals surface area contributed by atoms with E-state index in [0.29, 0.717) is 32.1 Å². The maximum absolute atomic E-state index is 13.4. The summed E-state index contributed by atoms with van der Waals surface area (Å²) in [7, 11) is -2.05. The second-order valence-corrected chi connectivity index (χ2v) is 11.7. The molecule has 0 atom stereocenters. The van der Waals surface area contributed by atoms with Crippen LogP contribution in [0.5, 0.6) is 5.75 Å². The van der Waals surface area contributed by atoms with Crippen molar-refractivity contribution in [2.24, 2.45) is 5.41 Å². The number of hydrogen-bond acceptors (Lipinski definition) is 8. The van der Waals surface area contributed by atoms with Crippen LogP contribution in [0.4, 0.5) is 26.3 Å². The first-order valence-electron chi connectivity index (χ1n) is 12.8. The number of methoxy groups -OCH3 is 1. The molecule has 1 saturated heterocycles. The zero-order valence-corrected chi connectivity index (χ0v) is 24.2. The van der Waals surface area contributed by atoms with Crippen molar-refractivity contribution in [2.45, 2.75) is 36.6 Å². The van der Waals surface area contributed by atoms with Gasteiger partial charge in [-0.15, -0.1) is 0 Å². The first-order chi connectivity index (χ1) is 20.4. The van der Waals surface area contributed by atoms with E-state index in [-0.39, 0.29) is 10.3 Å². The number of benzene rings is 1. The number of alkyl halides is 6. The number of ether oxygens (including phenoxy) is 2. The molecule has 246 valence electrons. The molecule has 0 bridgehead atoms. The quantitative estimate of drug-likeness (QED) is 0.456. The van der Waals surface area contributed by atoms with E-state index >= 15 is 0 Å². The van der Waals surface area contributed by atoms with E-state index in [1.54, 1.807) is 29.6 Å². The summed E-state index contributed by atoms with van der Waals surface area (Å²) in [4.78, 5) is 24.5. The molecule has 2 aliphatic heterocycles. The molecule has 0 saturated carbocycles. The van der Waals surface area contributed by atoms with E-state index in [1.165, 1.54) is 5.56 Å². The average molecular weight is 660 g/mol. The summed E-state index contributed by atoms with van der Waals surface area (Å²) in [6, 6.07) is 11.0. The second-order valence-electron chi connectivity index (χ2n) is 9.80. The number of pyridine rings is 1. The van der Waals surface area contributed by atoms with Crippen LogP contribution in [0.15, 0.2) is 53.7 Å². The van der Waals surface area contributed by atoms with Gasteiger partial charge >= 0.3 is 24.3 Å². The normalized spacial score (nSPS) is 18.2. The molecule has 11 nitrogen and oxygen atoms in total. The first-order valence-corrected chi connectivity index (χ1v) is 14.3. The molecule has 0 amide bonds. The fourth-order valence-electron chi connectivity index (χ4n) is 4.28. The fraction of sp³-hybridized carbons (Fsp3) is 0.500. The van der Waals surface area contributed by atoms with Crippen LogP contribution in [-0.4, -0.2) is 104 Å². The molecule has 1 aromatic heterocycles. The molecule has 0 unspecified atom stereocenters. The van der Waals surface area contributed by atoms with Crippen molar-refractivity contribution in [3.8, 4) is 5.75 Å². The second kappa shape index (κ2) is 15.5. The maximum Gasteiger partial charge on any atom is 0.490 e. The van der Waals surface area contributed by atoms with Crippen molar-refractivity contribution < 1.29 is 64.0 Å². The van der Waals surface area contributed by atoms with Crippen LogP contribution >= 0.6 is 0 Å². The number of carboxylic acid groups (broad SMARTS) is 2. The Kier molecular flexibility index (Phi) is 12.9. The summed E-state index contributed by atoms with van der Waals surface area (Å²) in [6.07, 6.45) is -4.75. The number of carbonyl (C=O) groups is 2. The lowest BCUT2D eigenvalue weighted by atomic mass is 9.78. The lowest BCUT2D eigenvalue weighted by Crippen LogP contribution is -2.51. The fourth-order valence-corrected chi connectivity index (χ4v) is 5.95. The Labute approximate surface area is 249 Å². The van der Waals surface area contributed by atoms with Crippen molar-refractivity contribution in [2.75, 3.05) is 46.5 Å². The number of nitrogens with zero attached hydrogens (tertiary/aromatic N) is 3. The number of sulfonamides is 1. The molecule has 4 rings (SSSR count). The number of carboxylic acids is 2. The number of halogens is 6. The summed E-state index contributed by atoms with van der Waals surface area (Å²) in [6.45, 7) is 4.38. The van der Waals surface area contributed by atoms with Crippen molar-refractivity contribution in [1.29, 1.82) is 0 Å². The highest BCUT2D eigenvalue weighted by atomic mass is 32.2. The van der Waals surface area contributed by atoms with Crippen molar-refractivity contribution >= 4 is 22.0 Å². The summed E-state index contributed by atoms with van der Waals surface area (Å²) < 4.78 is 103. The highest BCUT2D eigenvalue weighted by molar-refractivity contribution is 7.89. The molecule has 1 aromatic carbocycles. The Morgan fingerprint density at radius 2 is 1.50 bits per heavy atom. The Bertz CT molecular complexity index is 1310. The minimum absolute atomic E-state index is 0.205. The van der Waals surface area contributed by atoms with Gasteiger partial charge in [-0.25, -0.2) is 18.0 Å². The molecular weight excluding hydrogens is 628 g/mol. The lowest BCUT2D eigenvalue weighted by Gasteiger charge is -2.45. The van der Waals surface area contributed by atoms with Crippen molar-refractivity contribution in [3.63, 3.8) is 0 Å². The number of fused-ring (bicyclic) bond motifs is 1. The van der Waals surface area contributed by atoms with Crippen molar-refractivity contribution in [1.82, 2.24) is 14.2 Å². The predicted molar refractivity (Wildman–Crippen MR) is 141 cm³/mol. The van der Waals surface area contributed by atoms with E-state index < -0.39 is 34.3 Å². The third-order valence-corrected chi connectivity index (χ3v) is 8.50. The van der Waals surface area contributed by atoms with Gasteiger partial charge in [-0.05, 0) is 55.8 Å². The zero-order valence-electron chi connectivity index (χ0n) is 23.3. The summed E-state index contributed by atoms with van der Waals surface area (Å²) in [5.74, 6) is -5.07. The van der Waals surface area contributed by atoms with Gasteiger partial charge in [0, 0.05) is 44.6 Å². The Morgan fingerprint density at radius 3 is 2.00 bits per heavy atom. The van der Waals surface area contributed by atoms with E-state index in [4.69, 9.17) is 29.3 Å². The number of piperidine rings is 1. The smallest absolute Gasteiger partial charge is 0.490 e. The molecule has 2 aliphatic rings. The van der Waals surface area contributed by atoms with Crippen LogP contribution in [0.2, 0.25) is 0 Å². The van der Waals surface area contributed by atoms with Crippen LogP contribution in [0.1, 0.15) is 18.4 Å². The highest BCUT2D eigenvalue weighted by Gasteiger charge is 2.43. The maximum atomic E-state index is 13.4. The van der Waals surface area contributed by atoms with Gasteiger partial charge in [0.15, 0.2) is 0 Å².